The number of amides is 2. The molecule has 7 heteroatoms. The number of nitrogens with zero attached hydrogens (tertiary/aromatic N) is 2. The van der Waals surface area contributed by atoms with Crippen LogP contribution < -0.4 is 10.6 Å². The van der Waals surface area contributed by atoms with Gasteiger partial charge >= 0.3 is 6.03 Å². The molecule has 0 spiro atoms. The largest absolute Gasteiger partial charge is 0.381 e. The molecule has 0 atom stereocenters. The Hall–Kier alpha value is -2.41. The van der Waals surface area contributed by atoms with Crippen LogP contribution in [0.3, 0.4) is 0 Å². The minimum Gasteiger partial charge on any atom is -0.381 e. The van der Waals surface area contributed by atoms with Crippen LogP contribution in [0, 0.1) is 5.82 Å². The maximum absolute atomic E-state index is 13.8. The van der Waals surface area contributed by atoms with Crippen molar-refractivity contribution in [2.24, 2.45) is 7.05 Å². The van der Waals surface area contributed by atoms with Crippen LogP contribution >= 0.6 is 0 Å². The Balaban J connectivity index is 1.74. The first-order chi connectivity index (χ1) is 13.5. The molecule has 1 saturated heterocycles. The Morgan fingerprint density at radius 1 is 1.29 bits per heavy atom. The molecule has 0 unspecified atom stereocenters. The highest BCUT2D eigenvalue weighted by Gasteiger charge is 2.35. The fourth-order valence-corrected chi connectivity index (χ4v) is 3.98. The number of urea groups is 1. The molecule has 0 aliphatic carbocycles. The highest BCUT2D eigenvalue weighted by Crippen LogP contribution is 2.34. The number of halogens is 1. The molecule has 152 valence electrons. The van der Waals surface area contributed by atoms with E-state index >= 15 is 0 Å². The fraction of sp³-hybridized carbons (Fsp3) is 0.524. The highest BCUT2D eigenvalue weighted by atomic mass is 19.1. The summed E-state index contributed by atoms with van der Waals surface area (Å²) in [4.78, 5) is 12.6. The van der Waals surface area contributed by atoms with Gasteiger partial charge in [0.2, 0.25) is 0 Å². The van der Waals surface area contributed by atoms with Crippen LogP contribution in [0.1, 0.15) is 43.5 Å². The predicted molar refractivity (Wildman–Crippen MR) is 107 cm³/mol. The molecule has 1 aliphatic rings. The monoisotopic (exact) mass is 388 g/mol. The number of hydrogen-bond donors (Lipinski definition) is 2. The topological polar surface area (TPSA) is 68.2 Å². The summed E-state index contributed by atoms with van der Waals surface area (Å²) in [6.45, 7) is 5.73. The molecule has 3 rings (SSSR count). The van der Waals surface area contributed by atoms with Gasteiger partial charge in [-0.15, -0.1) is 0 Å². The van der Waals surface area contributed by atoms with E-state index in [-0.39, 0.29) is 17.3 Å². The molecule has 6 nitrogen and oxygen atoms in total. The quantitative estimate of drug-likeness (QED) is 0.795. The number of hydrogen-bond acceptors (Lipinski definition) is 3. The lowest BCUT2D eigenvalue weighted by Crippen LogP contribution is -2.46. The van der Waals surface area contributed by atoms with Crippen molar-refractivity contribution in [1.29, 1.82) is 0 Å². The van der Waals surface area contributed by atoms with Gasteiger partial charge in [0, 0.05) is 37.8 Å². The third-order valence-electron chi connectivity index (χ3n) is 5.62. The van der Waals surface area contributed by atoms with Crippen molar-refractivity contribution >= 4 is 11.8 Å². The van der Waals surface area contributed by atoms with E-state index in [1.165, 1.54) is 6.07 Å². The van der Waals surface area contributed by atoms with Gasteiger partial charge in [-0.3, -0.25) is 10.00 Å². The Labute approximate surface area is 165 Å². The number of carbonyl (C=O) groups excluding carboxylic acids is 1. The van der Waals surface area contributed by atoms with Gasteiger partial charge in [0.1, 0.15) is 11.6 Å². The molecule has 0 radical (unpaired) electrons. The van der Waals surface area contributed by atoms with E-state index < -0.39 is 0 Å². The second-order valence-corrected chi connectivity index (χ2v) is 7.32. The van der Waals surface area contributed by atoms with Crippen molar-refractivity contribution in [3.05, 3.63) is 46.9 Å². The standard InChI is InChI=1S/C21H29FN4O2/c1-4-17-18(5-2)25-26(3)19(17)24-20(27)23-14-21(9-11-28-12-10-21)15-7-6-8-16(22)13-15/h6-8,13H,4-5,9-12,14H2,1-3H3,(H2,23,24,27). The summed E-state index contributed by atoms with van der Waals surface area (Å²) in [5, 5.41) is 10.4. The van der Waals surface area contributed by atoms with Crippen LogP contribution in [0.4, 0.5) is 15.0 Å². The van der Waals surface area contributed by atoms with Crippen LogP contribution in [0.25, 0.3) is 0 Å². The number of rotatable bonds is 6. The zero-order valence-corrected chi connectivity index (χ0v) is 16.8. The Morgan fingerprint density at radius 3 is 2.68 bits per heavy atom. The van der Waals surface area contributed by atoms with Crippen molar-refractivity contribution in [3.8, 4) is 0 Å². The van der Waals surface area contributed by atoms with Gasteiger partial charge in [-0.25, -0.2) is 9.18 Å². The van der Waals surface area contributed by atoms with Crippen LogP contribution in [0.2, 0.25) is 0 Å². The molecule has 28 heavy (non-hydrogen) atoms. The highest BCUT2D eigenvalue weighted by molar-refractivity contribution is 5.89. The van der Waals surface area contributed by atoms with E-state index in [0.29, 0.717) is 19.8 Å². The number of anilines is 1. The summed E-state index contributed by atoms with van der Waals surface area (Å²) >= 11 is 0. The van der Waals surface area contributed by atoms with Crippen molar-refractivity contribution in [1.82, 2.24) is 15.1 Å². The van der Waals surface area contributed by atoms with E-state index in [1.807, 2.05) is 13.1 Å². The molecule has 1 aromatic heterocycles. The number of nitrogens with one attached hydrogen (secondary N) is 2. The molecule has 1 aromatic carbocycles. The van der Waals surface area contributed by atoms with Crippen molar-refractivity contribution < 1.29 is 13.9 Å². The molecule has 0 bridgehead atoms. The molecule has 1 aliphatic heterocycles. The molecule has 2 amide bonds. The number of carbonyl (C=O) groups is 1. The number of benzene rings is 1. The average Bonchev–Trinajstić information content (AvgIpc) is 3.01. The van der Waals surface area contributed by atoms with Gasteiger partial charge in [-0.2, -0.15) is 5.10 Å². The lowest BCUT2D eigenvalue weighted by molar-refractivity contribution is 0.0507. The molecular formula is C21H29FN4O2. The van der Waals surface area contributed by atoms with Gasteiger partial charge in [-0.1, -0.05) is 26.0 Å². The summed E-state index contributed by atoms with van der Waals surface area (Å²) in [6, 6.07) is 6.38. The first kappa shape index (κ1) is 20.3. The van der Waals surface area contributed by atoms with E-state index in [2.05, 4.69) is 29.6 Å². The minimum atomic E-state index is -0.327. The molecule has 1 fully saturated rings. The third kappa shape index (κ3) is 4.19. The second kappa shape index (κ2) is 8.73. The van der Waals surface area contributed by atoms with Crippen molar-refractivity contribution in [3.63, 3.8) is 0 Å². The third-order valence-corrected chi connectivity index (χ3v) is 5.62. The number of aryl methyl sites for hydroxylation is 2. The fourth-order valence-electron chi connectivity index (χ4n) is 3.98. The maximum atomic E-state index is 13.8. The van der Waals surface area contributed by atoms with Crippen LogP contribution in [0.15, 0.2) is 24.3 Å². The molecule has 2 aromatic rings. The first-order valence-electron chi connectivity index (χ1n) is 9.92. The lowest BCUT2D eigenvalue weighted by atomic mass is 9.74. The van der Waals surface area contributed by atoms with Crippen LogP contribution in [0.5, 0.6) is 0 Å². The molecule has 2 heterocycles. The predicted octanol–water partition coefficient (Wildman–Crippen LogP) is 3.55. The summed E-state index contributed by atoms with van der Waals surface area (Å²) in [7, 11) is 1.83. The van der Waals surface area contributed by atoms with Gasteiger partial charge in [-0.05, 0) is 43.4 Å². The summed E-state index contributed by atoms with van der Waals surface area (Å²) in [6.07, 6.45) is 3.10. The van der Waals surface area contributed by atoms with E-state index in [1.54, 1.807) is 16.8 Å². The van der Waals surface area contributed by atoms with E-state index in [4.69, 9.17) is 4.74 Å². The lowest BCUT2D eigenvalue weighted by Gasteiger charge is -2.38. The van der Waals surface area contributed by atoms with E-state index in [0.717, 1.165) is 48.3 Å². The number of aromatic nitrogens is 2. The van der Waals surface area contributed by atoms with E-state index in [9.17, 15) is 9.18 Å². The Morgan fingerprint density at radius 2 is 2.04 bits per heavy atom. The zero-order valence-electron chi connectivity index (χ0n) is 16.8. The smallest absolute Gasteiger partial charge is 0.320 e. The van der Waals surface area contributed by atoms with Crippen molar-refractivity contribution in [2.75, 3.05) is 25.1 Å². The Kier molecular flexibility index (Phi) is 6.34. The summed E-state index contributed by atoms with van der Waals surface area (Å²) in [5.74, 6) is 0.464. The van der Waals surface area contributed by atoms with Gasteiger partial charge in [0.15, 0.2) is 0 Å². The van der Waals surface area contributed by atoms with Gasteiger partial charge < -0.3 is 10.1 Å². The average molecular weight is 388 g/mol. The normalized spacial score (nSPS) is 16.0. The zero-order chi connectivity index (χ0) is 20.1. The minimum absolute atomic E-state index is 0.262. The molecule has 2 N–H and O–H groups in total. The SMILES string of the molecule is CCc1nn(C)c(NC(=O)NCC2(c3cccc(F)c3)CCOCC2)c1CC. The second-order valence-electron chi connectivity index (χ2n) is 7.32. The number of ether oxygens (including phenoxy) is 1. The molecule has 0 saturated carbocycles. The first-order valence-corrected chi connectivity index (χ1v) is 9.92. The maximum Gasteiger partial charge on any atom is 0.320 e. The summed E-state index contributed by atoms with van der Waals surface area (Å²) < 4.78 is 21.0. The van der Waals surface area contributed by atoms with Gasteiger partial charge in [0.25, 0.3) is 0 Å². The van der Waals surface area contributed by atoms with Crippen LogP contribution in [-0.4, -0.2) is 35.6 Å². The van der Waals surface area contributed by atoms with Gasteiger partial charge in [0.05, 0.1) is 5.69 Å². The molecular weight excluding hydrogens is 359 g/mol. The van der Waals surface area contributed by atoms with Crippen LogP contribution in [-0.2, 0) is 30.0 Å². The summed E-state index contributed by atoms with van der Waals surface area (Å²) in [5.41, 5.74) is 2.64. The van der Waals surface area contributed by atoms with Crippen molar-refractivity contribution in [2.45, 2.75) is 44.9 Å². The Bertz CT molecular complexity index is 828.